The Morgan fingerprint density at radius 3 is 2.96 bits per heavy atom. The number of benzene rings is 1. The quantitative estimate of drug-likeness (QED) is 0.836. The third kappa shape index (κ3) is 2.55. The van der Waals surface area contributed by atoms with E-state index in [9.17, 15) is 0 Å². The van der Waals surface area contributed by atoms with Crippen molar-refractivity contribution in [2.24, 2.45) is 0 Å². The molecule has 1 aromatic carbocycles. The van der Waals surface area contributed by atoms with Gasteiger partial charge in [-0.3, -0.25) is 0 Å². The van der Waals surface area contributed by atoms with Gasteiger partial charge in [-0.2, -0.15) is 10.4 Å². The van der Waals surface area contributed by atoms with Gasteiger partial charge in [0.1, 0.15) is 6.23 Å². The minimum Gasteiger partial charge on any atom is -0.357 e. The fourth-order valence-corrected chi connectivity index (χ4v) is 3.78. The van der Waals surface area contributed by atoms with E-state index in [1.807, 2.05) is 18.3 Å². The second-order valence-corrected chi connectivity index (χ2v) is 6.57. The van der Waals surface area contributed by atoms with E-state index in [1.165, 1.54) is 28.8 Å². The predicted molar refractivity (Wildman–Crippen MR) is 92.4 cm³/mol. The minimum atomic E-state index is 0.0870. The molecule has 1 atom stereocenters. The highest BCUT2D eigenvalue weighted by Gasteiger charge is 2.25. The third-order valence-corrected chi connectivity index (χ3v) is 4.99. The SMILES string of the molecule is Cc1cc(C#N)ccc1C1=CCCc2c1cnn2C1CCCCO1. The fourth-order valence-electron chi connectivity index (χ4n) is 3.78. The number of rotatable bonds is 2. The van der Waals surface area contributed by atoms with Crippen molar-refractivity contribution in [1.82, 2.24) is 9.78 Å². The van der Waals surface area contributed by atoms with Crippen LogP contribution < -0.4 is 0 Å². The van der Waals surface area contributed by atoms with Crippen LogP contribution in [0.2, 0.25) is 0 Å². The molecule has 1 aliphatic heterocycles. The average molecular weight is 319 g/mol. The molecule has 0 saturated carbocycles. The first-order chi connectivity index (χ1) is 11.8. The Balaban J connectivity index is 1.73. The molecular weight excluding hydrogens is 298 g/mol. The lowest BCUT2D eigenvalue weighted by molar-refractivity contribution is -0.0411. The van der Waals surface area contributed by atoms with E-state index in [2.05, 4.69) is 34.9 Å². The summed E-state index contributed by atoms with van der Waals surface area (Å²) in [6.07, 6.45) is 9.79. The summed E-state index contributed by atoms with van der Waals surface area (Å²) in [6.45, 7) is 2.90. The number of nitrogens with zero attached hydrogens (tertiary/aromatic N) is 3. The van der Waals surface area contributed by atoms with Crippen LogP contribution >= 0.6 is 0 Å². The fraction of sp³-hybridized carbons (Fsp3) is 0.400. The summed E-state index contributed by atoms with van der Waals surface area (Å²) in [4.78, 5) is 0. The summed E-state index contributed by atoms with van der Waals surface area (Å²) in [5.74, 6) is 0. The van der Waals surface area contributed by atoms with Gasteiger partial charge in [0.2, 0.25) is 0 Å². The van der Waals surface area contributed by atoms with Crippen LogP contribution in [-0.4, -0.2) is 16.4 Å². The monoisotopic (exact) mass is 319 g/mol. The molecule has 1 saturated heterocycles. The molecule has 0 spiro atoms. The third-order valence-electron chi connectivity index (χ3n) is 4.99. The van der Waals surface area contributed by atoms with Crippen molar-refractivity contribution in [2.45, 2.75) is 45.3 Å². The van der Waals surface area contributed by atoms with Crippen molar-refractivity contribution >= 4 is 5.57 Å². The molecular formula is C20H21N3O. The van der Waals surface area contributed by atoms with Gasteiger partial charge in [0.15, 0.2) is 0 Å². The Morgan fingerprint density at radius 2 is 2.21 bits per heavy atom. The summed E-state index contributed by atoms with van der Waals surface area (Å²) in [6, 6.07) is 8.12. The Kier molecular flexibility index (Phi) is 3.95. The lowest BCUT2D eigenvalue weighted by Gasteiger charge is -2.26. The maximum atomic E-state index is 9.08. The zero-order chi connectivity index (χ0) is 16.5. The van der Waals surface area contributed by atoms with Crippen molar-refractivity contribution in [2.75, 3.05) is 6.61 Å². The van der Waals surface area contributed by atoms with Gasteiger partial charge in [0, 0.05) is 17.9 Å². The van der Waals surface area contributed by atoms with Gasteiger partial charge in [-0.15, -0.1) is 0 Å². The van der Waals surface area contributed by atoms with Gasteiger partial charge in [-0.05, 0) is 67.9 Å². The van der Waals surface area contributed by atoms with Crippen molar-refractivity contribution in [3.63, 3.8) is 0 Å². The topological polar surface area (TPSA) is 50.8 Å². The number of hydrogen-bond donors (Lipinski definition) is 0. The summed E-state index contributed by atoms with van der Waals surface area (Å²) >= 11 is 0. The molecule has 4 heteroatoms. The van der Waals surface area contributed by atoms with Crippen molar-refractivity contribution < 1.29 is 4.74 Å². The van der Waals surface area contributed by atoms with Crippen molar-refractivity contribution in [1.29, 1.82) is 5.26 Å². The molecule has 1 aromatic heterocycles. The Morgan fingerprint density at radius 1 is 1.29 bits per heavy atom. The van der Waals surface area contributed by atoms with Crippen molar-refractivity contribution in [3.05, 3.63) is 58.4 Å². The molecule has 24 heavy (non-hydrogen) atoms. The first-order valence-corrected chi connectivity index (χ1v) is 8.67. The van der Waals surface area contributed by atoms with E-state index < -0.39 is 0 Å². The molecule has 0 radical (unpaired) electrons. The van der Waals surface area contributed by atoms with Crippen LogP contribution in [0.15, 0.2) is 30.5 Å². The standard InChI is InChI=1S/C20H21N3O/c1-14-11-15(12-21)8-9-16(14)17-5-4-6-19-18(17)13-22-23(19)20-7-2-3-10-24-20/h5,8-9,11,13,20H,2-4,6-7,10H2,1H3. The van der Waals surface area contributed by atoms with Gasteiger partial charge in [0.25, 0.3) is 0 Å². The molecule has 2 aliphatic rings. The molecule has 2 aromatic rings. The van der Waals surface area contributed by atoms with Crippen LogP contribution in [0, 0.1) is 18.3 Å². The van der Waals surface area contributed by atoms with Gasteiger partial charge in [-0.25, -0.2) is 4.68 Å². The number of aromatic nitrogens is 2. The maximum Gasteiger partial charge on any atom is 0.150 e. The summed E-state index contributed by atoms with van der Waals surface area (Å²) in [7, 11) is 0. The number of fused-ring (bicyclic) bond motifs is 1. The molecule has 4 rings (SSSR count). The first-order valence-electron chi connectivity index (χ1n) is 8.67. The smallest absolute Gasteiger partial charge is 0.150 e. The van der Waals surface area contributed by atoms with E-state index >= 15 is 0 Å². The molecule has 0 bridgehead atoms. The average Bonchev–Trinajstić information content (AvgIpc) is 3.06. The van der Waals surface area contributed by atoms with Crippen LogP contribution in [0.3, 0.4) is 0 Å². The number of hydrogen-bond acceptors (Lipinski definition) is 3. The second kappa shape index (κ2) is 6.26. The largest absolute Gasteiger partial charge is 0.357 e. The molecule has 0 amide bonds. The maximum absolute atomic E-state index is 9.08. The summed E-state index contributed by atoms with van der Waals surface area (Å²) in [5, 5.41) is 13.7. The molecule has 4 nitrogen and oxygen atoms in total. The molecule has 1 unspecified atom stereocenters. The van der Waals surface area contributed by atoms with Gasteiger partial charge >= 0.3 is 0 Å². The first kappa shape index (κ1) is 15.2. The second-order valence-electron chi connectivity index (χ2n) is 6.57. The Bertz CT molecular complexity index is 835. The summed E-state index contributed by atoms with van der Waals surface area (Å²) in [5.41, 5.74) is 6.76. The highest BCUT2D eigenvalue weighted by molar-refractivity contribution is 5.83. The van der Waals surface area contributed by atoms with Crippen LogP contribution in [0.5, 0.6) is 0 Å². The van der Waals surface area contributed by atoms with Crippen LogP contribution in [0.1, 0.15) is 59.9 Å². The number of allylic oxidation sites excluding steroid dienone is 1. The zero-order valence-electron chi connectivity index (χ0n) is 14.0. The number of aryl methyl sites for hydroxylation is 1. The number of ether oxygens (including phenoxy) is 1. The van der Waals surface area contributed by atoms with Gasteiger partial charge in [0.05, 0.1) is 17.8 Å². The zero-order valence-corrected chi connectivity index (χ0v) is 14.0. The highest BCUT2D eigenvalue weighted by Crippen LogP contribution is 2.35. The van der Waals surface area contributed by atoms with E-state index in [4.69, 9.17) is 10.00 Å². The normalized spacial score (nSPS) is 20.2. The van der Waals surface area contributed by atoms with E-state index in [0.717, 1.165) is 37.9 Å². The van der Waals surface area contributed by atoms with E-state index in [-0.39, 0.29) is 6.23 Å². The minimum absolute atomic E-state index is 0.0870. The Labute approximate surface area is 142 Å². The van der Waals surface area contributed by atoms with Gasteiger partial charge in [-0.1, -0.05) is 12.1 Å². The van der Waals surface area contributed by atoms with Crippen LogP contribution in [0.4, 0.5) is 0 Å². The van der Waals surface area contributed by atoms with Crippen molar-refractivity contribution in [3.8, 4) is 6.07 Å². The number of nitriles is 1. The van der Waals surface area contributed by atoms with Crippen LogP contribution in [0.25, 0.3) is 5.57 Å². The lowest BCUT2D eigenvalue weighted by Crippen LogP contribution is -2.21. The molecule has 2 heterocycles. The van der Waals surface area contributed by atoms with Crippen LogP contribution in [-0.2, 0) is 11.2 Å². The van der Waals surface area contributed by atoms with E-state index in [0.29, 0.717) is 5.56 Å². The lowest BCUT2D eigenvalue weighted by atomic mass is 9.88. The summed E-state index contributed by atoms with van der Waals surface area (Å²) < 4.78 is 8.03. The highest BCUT2D eigenvalue weighted by atomic mass is 16.5. The Hall–Kier alpha value is -2.38. The molecule has 1 fully saturated rings. The molecule has 122 valence electrons. The molecule has 1 aliphatic carbocycles. The van der Waals surface area contributed by atoms with E-state index in [1.54, 1.807) is 0 Å². The molecule has 0 N–H and O–H groups in total. The van der Waals surface area contributed by atoms with Gasteiger partial charge < -0.3 is 4.74 Å². The predicted octanol–water partition coefficient (Wildman–Crippen LogP) is 4.14.